The summed E-state index contributed by atoms with van der Waals surface area (Å²) >= 11 is 0. The number of rotatable bonds is 7. The predicted molar refractivity (Wildman–Crippen MR) is 123 cm³/mol. The van der Waals surface area contributed by atoms with Crippen LogP contribution in [0.2, 0.25) is 0 Å². The second-order valence-corrected chi connectivity index (χ2v) is 7.93. The van der Waals surface area contributed by atoms with Crippen LogP contribution in [0.1, 0.15) is 31.8 Å². The van der Waals surface area contributed by atoms with E-state index in [4.69, 9.17) is 10.5 Å². The zero-order valence-electron chi connectivity index (χ0n) is 17.9. The van der Waals surface area contributed by atoms with Crippen LogP contribution in [0.25, 0.3) is 0 Å². The third-order valence-electron chi connectivity index (χ3n) is 5.65. The highest BCUT2D eigenvalue weighted by molar-refractivity contribution is 5.94. The van der Waals surface area contributed by atoms with Crippen molar-refractivity contribution in [3.05, 3.63) is 101 Å². The smallest absolute Gasteiger partial charge is 0.253 e. The van der Waals surface area contributed by atoms with Gasteiger partial charge in [-0.25, -0.2) is 0 Å². The van der Waals surface area contributed by atoms with Crippen molar-refractivity contribution in [2.45, 2.75) is 13.2 Å². The van der Waals surface area contributed by atoms with E-state index in [0.29, 0.717) is 30.8 Å². The zero-order chi connectivity index (χ0) is 22.3. The molecular weight excluding hydrogens is 402 g/mol. The molecule has 1 fully saturated rings. The lowest BCUT2D eigenvalue weighted by Gasteiger charge is -2.34. The maximum atomic E-state index is 12.9. The number of benzene rings is 3. The molecule has 1 aliphatic rings. The van der Waals surface area contributed by atoms with Gasteiger partial charge in [-0.3, -0.25) is 14.5 Å². The van der Waals surface area contributed by atoms with E-state index in [9.17, 15) is 9.59 Å². The number of hydrogen-bond acceptors (Lipinski definition) is 4. The number of hydrogen-bond donors (Lipinski definition) is 1. The Labute approximate surface area is 188 Å². The third kappa shape index (κ3) is 5.53. The summed E-state index contributed by atoms with van der Waals surface area (Å²) < 4.78 is 5.76. The van der Waals surface area contributed by atoms with Gasteiger partial charge in [0, 0.05) is 43.9 Å². The van der Waals surface area contributed by atoms with Gasteiger partial charge in [0.2, 0.25) is 5.91 Å². The van der Waals surface area contributed by atoms with Crippen LogP contribution < -0.4 is 10.5 Å². The van der Waals surface area contributed by atoms with Gasteiger partial charge in [0.25, 0.3) is 5.91 Å². The van der Waals surface area contributed by atoms with Crippen LogP contribution in [0.5, 0.6) is 5.75 Å². The molecule has 0 aromatic heterocycles. The second-order valence-electron chi connectivity index (χ2n) is 7.93. The molecule has 0 unspecified atom stereocenters. The van der Waals surface area contributed by atoms with Gasteiger partial charge in [0.15, 0.2) is 0 Å². The molecule has 0 atom stereocenters. The molecule has 0 saturated carbocycles. The van der Waals surface area contributed by atoms with Crippen LogP contribution in [0.4, 0.5) is 0 Å². The summed E-state index contributed by atoms with van der Waals surface area (Å²) in [6.07, 6.45) is 0. The van der Waals surface area contributed by atoms with E-state index < -0.39 is 5.91 Å². The Hall–Kier alpha value is -3.64. The fourth-order valence-corrected chi connectivity index (χ4v) is 3.75. The first kappa shape index (κ1) is 21.6. The molecule has 2 amide bonds. The minimum atomic E-state index is -0.416. The number of piperazine rings is 1. The van der Waals surface area contributed by atoms with E-state index >= 15 is 0 Å². The Balaban J connectivity index is 1.26. The molecule has 32 heavy (non-hydrogen) atoms. The number of amides is 2. The van der Waals surface area contributed by atoms with E-state index in [0.717, 1.165) is 36.5 Å². The molecule has 1 saturated heterocycles. The lowest BCUT2D eigenvalue weighted by molar-refractivity contribution is 0.0628. The first-order chi connectivity index (χ1) is 15.6. The van der Waals surface area contributed by atoms with E-state index in [1.165, 1.54) is 0 Å². The van der Waals surface area contributed by atoms with Gasteiger partial charge >= 0.3 is 0 Å². The van der Waals surface area contributed by atoms with Gasteiger partial charge in [0.1, 0.15) is 12.4 Å². The topological polar surface area (TPSA) is 75.9 Å². The van der Waals surface area contributed by atoms with E-state index in [1.807, 2.05) is 71.6 Å². The Bertz CT molecular complexity index is 1040. The van der Waals surface area contributed by atoms with Gasteiger partial charge in [0.05, 0.1) is 0 Å². The Kier molecular flexibility index (Phi) is 6.82. The normalized spacial score (nSPS) is 14.2. The van der Waals surface area contributed by atoms with E-state index in [-0.39, 0.29) is 5.91 Å². The average molecular weight is 430 g/mol. The van der Waals surface area contributed by atoms with Gasteiger partial charge < -0.3 is 15.4 Å². The highest BCUT2D eigenvalue weighted by Gasteiger charge is 2.22. The average Bonchev–Trinajstić information content (AvgIpc) is 2.84. The molecule has 1 heterocycles. The first-order valence-electron chi connectivity index (χ1n) is 10.8. The van der Waals surface area contributed by atoms with E-state index in [1.54, 1.807) is 12.1 Å². The molecular formula is C26H27N3O3. The minimum absolute atomic E-state index is 0.0611. The van der Waals surface area contributed by atoms with Crippen molar-refractivity contribution < 1.29 is 14.3 Å². The molecule has 2 N–H and O–H groups in total. The molecule has 164 valence electrons. The quantitative estimate of drug-likeness (QED) is 0.625. The van der Waals surface area contributed by atoms with Crippen LogP contribution in [0.15, 0.2) is 78.9 Å². The third-order valence-corrected chi connectivity index (χ3v) is 5.65. The Morgan fingerprint density at radius 1 is 0.750 bits per heavy atom. The largest absolute Gasteiger partial charge is 0.489 e. The van der Waals surface area contributed by atoms with Crippen LogP contribution in [0, 0.1) is 0 Å². The van der Waals surface area contributed by atoms with Crippen molar-refractivity contribution in [3.63, 3.8) is 0 Å². The fraction of sp³-hybridized carbons (Fsp3) is 0.231. The van der Waals surface area contributed by atoms with Crippen LogP contribution in [0.3, 0.4) is 0 Å². The number of nitrogens with zero attached hydrogens (tertiary/aromatic N) is 2. The minimum Gasteiger partial charge on any atom is -0.489 e. The Morgan fingerprint density at radius 3 is 1.97 bits per heavy atom. The maximum Gasteiger partial charge on any atom is 0.253 e. The van der Waals surface area contributed by atoms with Crippen molar-refractivity contribution in [2.75, 3.05) is 26.2 Å². The maximum absolute atomic E-state index is 12.9. The van der Waals surface area contributed by atoms with E-state index in [2.05, 4.69) is 4.90 Å². The number of carbonyl (C=O) groups excluding carboxylic acids is 2. The number of nitrogens with two attached hydrogens (primary N) is 1. The lowest BCUT2D eigenvalue weighted by atomic mass is 10.1. The van der Waals surface area contributed by atoms with Gasteiger partial charge in [-0.1, -0.05) is 42.5 Å². The summed E-state index contributed by atoms with van der Waals surface area (Å²) in [7, 11) is 0. The zero-order valence-corrected chi connectivity index (χ0v) is 17.9. The van der Waals surface area contributed by atoms with Crippen molar-refractivity contribution in [1.82, 2.24) is 9.80 Å². The number of primary amides is 1. The van der Waals surface area contributed by atoms with Gasteiger partial charge in [-0.15, -0.1) is 0 Å². The fourth-order valence-electron chi connectivity index (χ4n) is 3.75. The summed E-state index contributed by atoms with van der Waals surface area (Å²) in [5.41, 5.74) is 8.66. The summed E-state index contributed by atoms with van der Waals surface area (Å²) in [5.74, 6) is 0.473. The molecule has 1 aliphatic heterocycles. The standard InChI is InChI=1S/C26H27N3O3/c27-25(30)22-10-6-20(7-11-22)18-28-14-16-29(17-15-28)26(31)23-12-8-21(9-13-23)19-32-24-4-2-1-3-5-24/h1-13H,14-19H2,(H2,27,30). The van der Waals surface area contributed by atoms with Crippen molar-refractivity contribution >= 4 is 11.8 Å². The number of carbonyl (C=O) groups is 2. The molecule has 0 spiro atoms. The first-order valence-corrected chi connectivity index (χ1v) is 10.8. The van der Waals surface area contributed by atoms with Crippen LogP contribution >= 0.6 is 0 Å². The van der Waals surface area contributed by atoms with Gasteiger partial charge in [-0.05, 0) is 47.5 Å². The van der Waals surface area contributed by atoms with Crippen molar-refractivity contribution in [3.8, 4) is 5.75 Å². The monoisotopic (exact) mass is 429 g/mol. The van der Waals surface area contributed by atoms with Crippen LogP contribution in [-0.2, 0) is 13.2 Å². The number of para-hydroxylation sites is 1. The molecule has 3 aromatic carbocycles. The van der Waals surface area contributed by atoms with Crippen molar-refractivity contribution in [1.29, 1.82) is 0 Å². The van der Waals surface area contributed by atoms with Crippen molar-refractivity contribution in [2.24, 2.45) is 5.73 Å². The Morgan fingerprint density at radius 2 is 1.34 bits per heavy atom. The predicted octanol–water partition coefficient (Wildman–Crippen LogP) is 3.32. The molecule has 6 heteroatoms. The number of ether oxygens (including phenoxy) is 1. The molecule has 0 aliphatic carbocycles. The SMILES string of the molecule is NC(=O)c1ccc(CN2CCN(C(=O)c3ccc(COc4ccccc4)cc3)CC2)cc1. The molecule has 3 aromatic rings. The summed E-state index contributed by atoms with van der Waals surface area (Å²) in [6.45, 7) is 4.27. The molecule has 0 radical (unpaired) electrons. The highest BCUT2D eigenvalue weighted by Crippen LogP contribution is 2.15. The second kappa shape index (κ2) is 10.1. The lowest BCUT2D eigenvalue weighted by Crippen LogP contribution is -2.48. The van der Waals surface area contributed by atoms with Crippen LogP contribution in [-0.4, -0.2) is 47.8 Å². The van der Waals surface area contributed by atoms with Gasteiger partial charge in [-0.2, -0.15) is 0 Å². The molecule has 0 bridgehead atoms. The molecule has 4 rings (SSSR count). The summed E-state index contributed by atoms with van der Waals surface area (Å²) in [5, 5.41) is 0. The highest BCUT2D eigenvalue weighted by atomic mass is 16.5. The molecule has 6 nitrogen and oxygen atoms in total. The summed E-state index contributed by atoms with van der Waals surface area (Å²) in [4.78, 5) is 28.3. The summed E-state index contributed by atoms with van der Waals surface area (Å²) in [6, 6.07) is 24.7.